The molecule has 0 saturated carbocycles. The molecule has 1 aromatic carbocycles. The molecule has 3 amide bonds. The molecule has 2 atom stereocenters. The van der Waals surface area contributed by atoms with Crippen LogP contribution in [0.3, 0.4) is 0 Å². The van der Waals surface area contributed by atoms with Gasteiger partial charge >= 0.3 is 6.09 Å². The minimum atomic E-state index is -1.11. The standard InChI is InChI=1S/C23H35N3O7/c1-16(2)14-19(26-23(30)33-13-12-32-4)21(28)25-18(15-17-8-6-5-7-9-17)20(27)22(29)24-10-11-31-3/h5-9,16,18-19H,10-15H2,1-4H3,(H,24,29)(H,25,28)(H,26,30)/t18-,19-/m0/s1. The van der Waals surface area contributed by atoms with Crippen LogP contribution in [0.2, 0.25) is 0 Å². The third-order valence-corrected chi connectivity index (χ3v) is 4.57. The highest BCUT2D eigenvalue weighted by atomic mass is 16.6. The molecule has 33 heavy (non-hydrogen) atoms. The fraction of sp³-hybridized carbons (Fsp3) is 0.565. The topological polar surface area (TPSA) is 132 Å². The molecule has 10 nitrogen and oxygen atoms in total. The molecular weight excluding hydrogens is 430 g/mol. The molecule has 0 radical (unpaired) electrons. The molecule has 0 fully saturated rings. The summed E-state index contributed by atoms with van der Waals surface area (Å²) in [4.78, 5) is 50.2. The van der Waals surface area contributed by atoms with Crippen molar-refractivity contribution >= 4 is 23.7 Å². The van der Waals surface area contributed by atoms with Gasteiger partial charge in [-0.2, -0.15) is 0 Å². The number of methoxy groups -OCH3 is 2. The van der Waals surface area contributed by atoms with Gasteiger partial charge in [-0.3, -0.25) is 14.4 Å². The Morgan fingerprint density at radius 3 is 2.15 bits per heavy atom. The smallest absolute Gasteiger partial charge is 0.407 e. The van der Waals surface area contributed by atoms with Crippen LogP contribution in [0.15, 0.2) is 30.3 Å². The molecular formula is C23H35N3O7. The Morgan fingerprint density at radius 2 is 1.55 bits per heavy atom. The molecule has 0 aliphatic carbocycles. The largest absolute Gasteiger partial charge is 0.447 e. The third-order valence-electron chi connectivity index (χ3n) is 4.57. The van der Waals surface area contributed by atoms with E-state index in [1.165, 1.54) is 14.2 Å². The van der Waals surface area contributed by atoms with E-state index < -0.39 is 35.8 Å². The summed E-state index contributed by atoms with van der Waals surface area (Å²) in [7, 11) is 2.96. The molecule has 0 spiro atoms. The summed E-state index contributed by atoms with van der Waals surface area (Å²) in [5.41, 5.74) is 0.771. The molecule has 1 rings (SSSR count). The lowest BCUT2D eigenvalue weighted by Gasteiger charge is -2.23. The molecule has 0 heterocycles. The maximum absolute atomic E-state index is 13.0. The van der Waals surface area contributed by atoms with E-state index in [2.05, 4.69) is 16.0 Å². The Hall–Kier alpha value is -2.98. The fourth-order valence-electron chi connectivity index (χ4n) is 2.95. The number of benzene rings is 1. The first kappa shape index (κ1) is 28.1. The summed E-state index contributed by atoms with van der Waals surface area (Å²) >= 11 is 0. The number of alkyl carbamates (subject to hydrolysis) is 1. The molecule has 3 N–H and O–H groups in total. The molecule has 0 unspecified atom stereocenters. The number of ether oxygens (including phenoxy) is 3. The number of carbonyl (C=O) groups is 4. The average molecular weight is 466 g/mol. The SMILES string of the molecule is COCCNC(=O)C(=O)[C@H](Cc1ccccc1)NC(=O)[C@H](CC(C)C)NC(=O)OCCOC. The van der Waals surface area contributed by atoms with Crippen LogP contribution in [0.1, 0.15) is 25.8 Å². The molecule has 0 saturated heterocycles. The van der Waals surface area contributed by atoms with Gasteiger partial charge in [0.1, 0.15) is 18.7 Å². The van der Waals surface area contributed by atoms with Crippen molar-refractivity contribution in [1.29, 1.82) is 0 Å². The van der Waals surface area contributed by atoms with Crippen LogP contribution in [0.5, 0.6) is 0 Å². The van der Waals surface area contributed by atoms with Gasteiger partial charge in [-0.25, -0.2) is 4.79 Å². The van der Waals surface area contributed by atoms with E-state index >= 15 is 0 Å². The lowest BCUT2D eigenvalue weighted by molar-refractivity contribution is -0.140. The molecule has 184 valence electrons. The van der Waals surface area contributed by atoms with Gasteiger partial charge in [-0.15, -0.1) is 0 Å². The maximum Gasteiger partial charge on any atom is 0.407 e. The molecule has 10 heteroatoms. The molecule has 0 aromatic heterocycles. The van der Waals surface area contributed by atoms with Crippen LogP contribution in [0, 0.1) is 5.92 Å². The first-order chi connectivity index (χ1) is 15.8. The van der Waals surface area contributed by atoms with Gasteiger partial charge < -0.3 is 30.2 Å². The summed E-state index contributed by atoms with van der Waals surface area (Å²) in [6.45, 7) is 4.47. The van der Waals surface area contributed by atoms with E-state index in [1.54, 1.807) is 24.3 Å². The second kappa shape index (κ2) is 15.8. The Morgan fingerprint density at radius 1 is 0.879 bits per heavy atom. The lowest BCUT2D eigenvalue weighted by Crippen LogP contribution is -2.55. The van der Waals surface area contributed by atoms with Crippen LogP contribution in [-0.4, -0.2) is 76.4 Å². The zero-order valence-corrected chi connectivity index (χ0v) is 19.7. The first-order valence-electron chi connectivity index (χ1n) is 10.9. The van der Waals surface area contributed by atoms with E-state index in [-0.39, 0.29) is 38.7 Å². The third kappa shape index (κ3) is 11.4. The van der Waals surface area contributed by atoms with Crippen LogP contribution in [-0.2, 0) is 35.0 Å². The molecule has 0 bridgehead atoms. The summed E-state index contributed by atoms with van der Waals surface area (Å²) < 4.78 is 14.7. The van der Waals surface area contributed by atoms with Gasteiger partial charge in [0.25, 0.3) is 5.91 Å². The van der Waals surface area contributed by atoms with E-state index in [4.69, 9.17) is 14.2 Å². The summed E-state index contributed by atoms with van der Waals surface area (Å²) in [6.07, 6.45) is -0.330. The number of Topliss-reactive ketones (excluding diaryl/α,β-unsaturated/α-hetero) is 1. The second-order valence-electron chi connectivity index (χ2n) is 7.82. The Kier molecular flexibility index (Phi) is 13.4. The van der Waals surface area contributed by atoms with Gasteiger partial charge in [0.15, 0.2) is 0 Å². The van der Waals surface area contributed by atoms with Gasteiger partial charge in [-0.05, 0) is 17.9 Å². The fourth-order valence-corrected chi connectivity index (χ4v) is 2.95. The predicted molar refractivity (Wildman–Crippen MR) is 122 cm³/mol. The van der Waals surface area contributed by atoms with Crippen molar-refractivity contribution in [1.82, 2.24) is 16.0 Å². The van der Waals surface area contributed by atoms with E-state index in [9.17, 15) is 19.2 Å². The highest BCUT2D eigenvalue weighted by Crippen LogP contribution is 2.09. The van der Waals surface area contributed by atoms with E-state index in [1.807, 2.05) is 19.9 Å². The molecule has 0 aliphatic heterocycles. The number of nitrogens with one attached hydrogen (secondary N) is 3. The quantitative estimate of drug-likeness (QED) is 0.258. The highest BCUT2D eigenvalue weighted by molar-refractivity contribution is 6.38. The number of carbonyl (C=O) groups excluding carboxylic acids is 4. The minimum Gasteiger partial charge on any atom is -0.447 e. The van der Waals surface area contributed by atoms with E-state index in [0.29, 0.717) is 6.42 Å². The average Bonchev–Trinajstić information content (AvgIpc) is 2.78. The van der Waals surface area contributed by atoms with Gasteiger partial charge in [0.2, 0.25) is 11.7 Å². The molecule has 0 aliphatic rings. The van der Waals surface area contributed by atoms with Gasteiger partial charge in [-0.1, -0.05) is 44.2 Å². The maximum atomic E-state index is 13.0. The number of amides is 3. The first-order valence-corrected chi connectivity index (χ1v) is 10.9. The van der Waals surface area contributed by atoms with Crippen molar-refractivity contribution in [2.24, 2.45) is 5.92 Å². The van der Waals surface area contributed by atoms with Crippen molar-refractivity contribution in [3.8, 4) is 0 Å². The van der Waals surface area contributed by atoms with Gasteiger partial charge in [0.05, 0.1) is 13.2 Å². The normalized spacial score (nSPS) is 12.5. The Labute approximate surface area is 194 Å². The Balaban J connectivity index is 2.95. The highest BCUT2D eigenvalue weighted by Gasteiger charge is 2.31. The summed E-state index contributed by atoms with van der Waals surface area (Å²) in [5.74, 6) is -2.11. The van der Waals surface area contributed by atoms with Crippen LogP contribution < -0.4 is 16.0 Å². The van der Waals surface area contributed by atoms with Crippen LogP contribution >= 0.6 is 0 Å². The summed E-state index contributed by atoms with van der Waals surface area (Å²) in [6, 6.07) is 6.98. The number of hydrogen-bond donors (Lipinski definition) is 3. The number of ketones is 1. The molecule has 1 aromatic rings. The minimum absolute atomic E-state index is 0.0368. The van der Waals surface area contributed by atoms with Crippen LogP contribution in [0.4, 0.5) is 4.79 Å². The second-order valence-corrected chi connectivity index (χ2v) is 7.82. The van der Waals surface area contributed by atoms with Crippen molar-refractivity contribution in [3.05, 3.63) is 35.9 Å². The number of hydrogen-bond acceptors (Lipinski definition) is 7. The Bertz CT molecular complexity index is 756. The van der Waals surface area contributed by atoms with Crippen molar-refractivity contribution in [3.63, 3.8) is 0 Å². The summed E-state index contributed by atoms with van der Waals surface area (Å²) in [5, 5.41) is 7.65. The zero-order chi connectivity index (χ0) is 24.6. The van der Waals surface area contributed by atoms with Crippen molar-refractivity contribution in [2.45, 2.75) is 38.8 Å². The lowest BCUT2D eigenvalue weighted by atomic mass is 9.99. The monoisotopic (exact) mass is 465 g/mol. The van der Waals surface area contributed by atoms with Crippen LogP contribution in [0.25, 0.3) is 0 Å². The van der Waals surface area contributed by atoms with E-state index in [0.717, 1.165) is 5.56 Å². The van der Waals surface area contributed by atoms with Gasteiger partial charge in [0, 0.05) is 27.2 Å². The zero-order valence-electron chi connectivity index (χ0n) is 19.7. The van der Waals surface area contributed by atoms with Crippen molar-refractivity contribution < 1.29 is 33.4 Å². The number of rotatable bonds is 15. The van der Waals surface area contributed by atoms with Crippen molar-refractivity contribution in [2.75, 3.05) is 40.6 Å². The predicted octanol–water partition coefficient (Wildman–Crippen LogP) is 0.833.